The highest BCUT2D eigenvalue weighted by Crippen LogP contribution is 2.30. The largest absolute Gasteiger partial charge is 0.376 e. The minimum absolute atomic E-state index is 0.110. The summed E-state index contributed by atoms with van der Waals surface area (Å²) in [6.07, 6.45) is 5.42. The number of thiazole rings is 2. The Hall–Kier alpha value is -2.35. The Labute approximate surface area is 189 Å². The lowest BCUT2D eigenvalue weighted by Gasteiger charge is -2.23. The summed E-state index contributed by atoms with van der Waals surface area (Å²) < 4.78 is 8.16. The molecule has 1 atom stereocenters. The number of fused-ring (bicyclic) bond motifs is 2. The van der Waals surface area contributed by atoms with E-state index in [1.54, 1.807) is 22.7 Å². The third kappa shape index (κ3) is 4.79. The third-order valence-electron chi connectivity index (χ3n) is 5.59. The van der Waals surface area contributed by atoms with Gasteiger partial charge < -0.3 is 4.74 Å². The van der Waals surface area contributed by atoms with Crippen LogP contribution in [0.15, 0.2) is 48.5 Å². The van der Waals surface area contributed by atoms with Gasteiger partial charge in [0, 0.05) is 13.0 Å². The van der Waals surface area contributed by atoms with Crippen molar-refractivity contribution in [1.29, 1.82) is 0 Å². The van der Waals surface area contributed by atoms with Crippen molar-refractivity contribution < 1.29 is 9.53 Å². The van der Waals surface area contributed by atoms with Gasteiger partial charge in [0.25, 0.3) is 0 Å². The molecule has 1 unspecified atom stereocenters. The van der Waals surface area contributed by atoms with E-state index in [4.69, 9.17) is 14.7 Å². The van der Waals surface area contributed by atoms with Crippen LogP contribution in [0.5, 0.6) is 0 Å². The van der Waals surface area contributed by atoms with Gasteiger partial charge >= 0.3 is 0 Å². The fourth-order valence-electron chi connectivity index (χ4n) is 3.97. The van der Waals surface area contributed by atoms with Crippen LogP contribution >= 0.6 is 22.7 Å². The Morgan fingerprint density at radius 3 is 2.45 bits per heavy atom. The summed E-state index contributed by atoms with van der Waals surface area (Å²) in [5.41, 5.74) is 2.01. The van der Waals surface area contributed by atoms with Gasteiger partial charge in [0.05, 0.1) is 38.1 Å². The summed E-state index contributed by atoms with van der Waals surface area (Å²) in [6.45, 7) is 1.38. The first-order valence-corrected chi connectivity index (χ1v) is 12.5. The van der Waals surface area contributed by atoms with Gasteiger partial charge in [0.15, 0.2) is 5.13 Å². The van der Waals surface area contributed by atoms with E-state index in [-0.39, 0.29) is 12.0 Å². The van der Waals surface area contributed by atoms with Crippen molar-refractivity contribution in [3.8, 4) is 0 Å². The van der Waals surface area contributed by atoms with Gasteiger partial charge in [-0.2, -0.15) is 0 Å². The van der Waals surface area contributed by atoms with Crippen molar-refractivity contribution in [2.45, 2.75) is 44.6 Å². The van der Waals surface area contributed by atoms with E-state index in [9.17, 15) is 4.79 Å². The van der Waals surface area contributed by atoms with Crippen LogP contribution in [-0.2, 0) is 16.0 Å². The number of carbonyl (C=O) groups is 1. The molecule has 0 radical (unpaired) electrons. The first-order chi connectivity index (χ1) is 15.3. The van der Waals surface area contributed by atoms with Gasteiger partial charge in [-0.1, -0.05) is 35.6 Å². The number of ether oxygens (including phenoxy) is 1. The first-order valence-electron chi connectivity index (χ1n) is 10.9. The summed E-state index contributed by atoms with van der Waals surface area (Å²) in [7, 11) is 0. The summed E-state index contributed by atoms with van der Waals surface area (Å²) in [6, 6.07) is 16.3. The molecule has 160 valence electrons. The molecule has 7 heteroatoms. The van der Waals surface area contributed by atoms with Gasteiger partial charge in [-0.15, -0.1) is 11.3 Å². The first kappa shape index (κ1) is 20.5. The molecule has 1 aliphatic heterocycles. The van der Waals surface area contributed by atoms with Crippen LogP contribution in [0, 0.1) is 0 Å². The Kier molecular flexibility index (Phi) is 6.25. The average molecular weight is 452 g/mol. The van der Waals surface area contributed by atoms with Gasteiger partial charge in [0.2, 0.25) is 5.91 Å². The van der Waals surface area contributed by atoms with Gasteiger partial charge in [-0.05, 0) is 56.4 Å². The predicted octanol–water partition coefficient (Wildman–Crippen LogP) is 5.83. The highest BCUT2D eigenvalue weighted by molar-refractivity contribution is 7.22. The molecule has 0 bridgehead atoms. The second-order valence-corrected chi connectivity index (χ2v) is 10.0. The van der Waals surface area contributed by atoms with Gasteiger partial charge in [-0.3, -0.25) is 9.69 Å². The molecule has 3 heterocycles. The fraction of sp³-hybridized carbons (Fsp3) is 0.375. The number of unbranched alkanes of at least 4 members (excludes halogenated alkanes) is 1. The molecule has 0 N–H and O–H groups in total. The van der Waals surface area contributed by atoms with Crippen LogP contribution in [0.1, 0.15) is 37.1 Å². The molecule has 4 aromatic rings. The molecule has 1 saturated heterocycles. The van der Waals surface area contributed by atoms with E-state index in [0.29, 0.717) is 13.0 Å². The number of amides is 1. The Morgan fingerprint density at radius 1 is 1.00 bits per heavy atom. The lowest BCUT2D eigenvalue weighted by Crippen LogP contribution is -2.37. The second-order valence-electron chi connectivity index (χ2n) is 7.89. The molecule has 2 aromatic carbocycles. The number of anilines is 1. The quantitative estimate of drug-likeness (QED) is 0.316. The van der Waals surface area contributed by atoms with Crippen molar-refractivity contribution in [3.05, 3.63) is 53.5 Å². The van der Waals surface area contributed by atoms with Crippen LogP contribution in [0.4, 0.5) is 5.13 Å². The molecule has 31 heavy (non-hydrogen) atoms. The molecule has 5 rings (SSSR count). The van der Waals surface area contributed by atoms with Gasteiger partial charge in [0.1, 0.15) is 0 Å². The van der Waals surface area contributed by atoms with Gasteiger partial charge in [-0.25, -0.2) is 9.97 Å². The van der Waals surface area contributed by atoms with Crippen molar-refractivity contribution >= 4 is 54.1 Å². The standard InChI is InChI=1S/C24H25N3O2S2/c28-23(14-6-5-13-22-25-18-9-1-3-11-20(18)30-22)27(16-17-8-7-15-29-17)24-26-19-10-2-4-12-21(19)31-24/h1-4,9-12,17H,5-8,13-16H2. The number of benzene rings is 2. The highest BCUT2D eigenvalue weighted by Gasteiger charge is 2.25. The number of rotatable bonds is 8. The van der Waals surface area contributed by atoms with Crippen LogP contribution in [0.25, 0.3) is 20.4 Å². The van der Waals surface area contributed by atoms with E-state index in [1.165, 1.54) is 4.70 Å². The molecule has 5 nitrogen and oxygen atoms in total. The molecule has 1 amide bonds. The summed E-state index contributed by atoms with van der Waals surface area (Å²) in [5, 5.41) is 1.93. The normalized spacial score (nSPS) is 16.3. The molecule has 1 aliphatic rings. The number of hydrogen-bond acceptors (Lipinski definition) is 6. The van der Waals surface area contributed by atoms with Crippen LogP contribution in [0.2, 0.25) is 0 Å². The Balaban J connectivity index is 1.23. The van der Waals surface area contributed by atoms with E-state index in [0.717, 1.165) is 64.6 Å². The zero-order chi connectivity index (χ0) is 21.0. The molecule has 0 spiro atoms. The zero-order valence-corrected chi connectivity index (χ0v) is 19.0. The molecule has 0 aliphatic carbocycles. The smallest absolute Gasteiger partial charge is 0.228 e. The van der Waals surface area contributed by atoms with Crippen molar-refractivity contribution in [1.82, 2.24) is 9.97 Å². The molecular formula is C24H25N3O2S2. The van der Waals surface area contributed by atoms with Crippen LogP contribution in [0.3, 0.4) is 0 Å². The SMILES string of the molecule is O=C(CCCCc1nc2ccccc2s1)N(CC1CCCO1)c1nc2ccccc2s1. The topological polar surface area (TPSA) is 55.3 Å². The van der Waals surface area contributed by atoms with E-state index in [1.807, 2.05) is 35.2 Å². The average Bonchev–Trinajstić information content (AvgIpc) is 3.53. The molecule has 1 fully saturated rings. The summed E-state index contributed by atoms with van der Waals surface area (Å²) >= 11 is 3.34. The number of nitrogens with zero attached hydrogens (tertiary/aromatic N) is 3. The van der Waals surface area contributed by atoms with E-state index >= 15 is 0 Å². The molecular weight excluding hydrogens is 426 g/mol. The third-order valence-corrected chi connectivity index (χ3v) is 7.75. The van der Waals surface area contributed by atoms with E-state index < -0.39 is 0 Å². The predicted molar refractivity (Wildman–Crippen MR) is 128 cm³/mol. The monoisotopic (exact) mass is 451 g/mol. The fourth-order valence-corrected chi connectivity index (χ4v) is 5.97. The zero-order valence-electron chi connectivity index (χ0n) is 17.3. The minimum Gasteiger partial charge on any atom is -0.376 e. The van der Waals surface area contributed by atoms with Crippen molar-refractivity contribution in [2.75, 3.05) is 18.1 Å². The summed E-state index contributed by atoms with van der Waals surface area (Å²) in [5.74, 6) is 0.138. The number of carbonyl (C=O) groups excluding carboxylic acids is 1. The van der Waals surface area contributed by atoms with Crippen molar-refractivity contribution in [3.63, 3.8) is 0 Å². The van der Waals surface area contributed by atoms with Crippen LogP contribution < -0.4 is 4.90 Å². The maximum Gasteiger partial charge on any atom is 0.228 e. The highest BCUT2D eigenvalue weighted by atomic mass is 32.1. The second kappa shape index (κ2) is 9.42. The minimum atomic E-state index is 0.110. The maximum absolute atomic E-state index is 13.2. The lowest BCUT2D eigenvalue weighted by atomic mass is 10.1. The number of hydrogen-bond donors (Lipinski definition) is 0. The van der Waals surface area contributed by atoms with Crippen molar-refractivity contribution in [2.24, 2.45) is 0 Å². The lowest BCUT2D eigenvalue weighted by molar-refractivity contribution is -0.119. The van der Waals surface area contributed by atoms with Crippen LogP contribution in [-0.4, -0.2) is 35.1 Å². The molecule has 0 saturated carbocycles. The Morgan fingerprint density at radius 2 is 1.74 bits per heavy atom. The Bertz CT molecular complexity index is 1110. The number of para-hydroxylation sites is 2. The summed E-state index contributed by atoms with van der Waals surface area (Å²) in [4.78, 5) is 24.5. The number of aryl methyl sites for hydroxylation is 1. The number of aromatic nitrogens is 2. The molecule has 2 aromatic heterocycles. The maximum atomic E-state index is 13.2. The van der Waals surface area contributed by atoms with E-state index in [2.05, 4.69) is 18.2 Å².